The molecular formula is C32H40BrCl2F3N8O7S. The molecule has 0 spiro atoms. The molecule has 15 nitrogen and oxygen atoms in total. The number of nitrogens with one attached hydrogen (secondary N) is 2. The molecule has 22 heteroatoms. The van der Waals surface area contributed by atoms with E-state index in [1.54, 1.807) is 25.1 Å². The second-order valence-corrected chi connectivity index (χ2v) is 14.7. The summed E-state index contributed by atoms with van der Waals surface area (Å²) in [6.07, 6.45) is -1.59. The lowest BCUT2D eigenvalue weighted by atomic mass is 9.98. The fourth-order valence-corrected chi connectivity index (χ4v) is 5.64. The fourth-order valence-electron chi connectivity index (χ4n) is 4.16. The second kappa shape index (κ2) is 20.7. The van der Waals surface area contributed by atoms with Crippen LogP contribution in [-0.2, 0) is 21.2 Å². The second-order valence-electron chi connectivity index (χ2n) is 12.2. The maximum atomic E-state index is 12.8. The predicted octanol–water partition coefficient (Wildman–Crippen LogP) is 9.68. The molecule has 1 heterocycles. The predicted molar refractivity (Wildman–Crippen MR) is 205 cm³/mol. The average molecular weight is 889 g/mol. The van der Waals surface area contributed by atoms with Crippen molar-refractivity contribution in [3.8, 4) is 0 Å². The summed E-state index contributed by atoms with van der Waals surface area (Å²) in [6, 6.07) is 5.46. The molecule has 54 heavy (non-hydrogen) atoms. The highest BCUT2D eigenvalue weighted by Gasteiger charge is 2.39. The fraction of sp³-hybridized carbons (Fsp3) is 0.500. The number of rotatable bonds is 13. The number of aromatic nitrogens is 2. The lowest BCUT2D eigenvalue weighted by Crippen LogP contribution is -2.30. The summed E-state index contributed by atoms with van der Waals surface area (Å²) in [5, 5.41) is 38.8. The van der Waals surface area contributed by atoms with Gasteiger partial charge in [0.25, 0.3) is 11.4 Å². The zero-order valence-corrected chi connectivity index (χ0v) is 34.0. The van der Waals surface area contributed by atoms with Crippen molar-refractivity contribution < 1.29 is 37.4 Å². The van der Waals surface area contributed by atoms with E-state index in [1.807, 2.05) is 20.8 Å². The molecule has 2 N–H and O–H groups in total. The minimum atomic E-state index is -4.91. The number of nitro groups is 2. The number of unbranched alkanes of at least 4 members (excludes halogenated alkanes) is 1. The Labute approximate surface area is 331 Å². The number of nitro benzene ring substituents is 2. The number of nitrogens with zero attached hydrogens (tertiary/aromatic N) is 6. The highest BCUT2D eigenvalue weighted by atomic mass is 79.9. The van der Waals surface area contributed by atoms with Crippen LogP contribution < -0.4 is 15.5 Å². The normalized spacial score (nSPS) is 12.4. The van der Waals surface area contributed by atoms with Gasteiger partial charge in [-0.05, 0) is 60.3 Å². The van der Waals surface area contributed by atoms with Crippen molar-refractivity contribution >= 4 is 90.3 Å². The summed E-state index contributed by atoms with van der Waals surface area (Å²) in [4.78, 5) is 49.2. The average Bonchev–Trinajstić information content (AvgIpc) is 3.87. The van der Waals surface area contributed by atoms with Crippen LogP contribution in [0.3, 0.4) is 0 Å². The maximum absolute atomic E-state index is 12.8. The summed E-state index contributed by atoms with van der Waals surface area (Å²) in [7, 11) is 2.92. The van der Waals surface area contributed by atoms with E-state index in [0.717, 1.165) is 33.8 Å². The Morgan fingerprint density at radius 2 is 1.67 bits per heavy atom. The molecule has 4 rings (SSSR count). The van der Waals surface area contributed by atoms with Gasteiger partial charge in [0.1, 0.15) is 5.01 Å². The molecule has 0 saturated heterocycles. The third kappa shape index (κ3) is 13.8. The standard InChI is InChI=1S/C13H16F3N3O4.C10H14ClN3OS.C9H10BrClN2O2/c1-3-5-6-17(4-2)12-10(18(20)21)7-9(13(14,15)16)8-11(12)19(22)23;1-10(2,5-11)8-13-14-9(16-8)12-7(15)6-3-4-6;1-13(15-2)9(14)12-6-3-4-7(10)8(11)5-6/h7-8H,3-6H2,1-2H3;6H,3-5H2,1-2H3,(H,12,14,15);3-5H,1-2H3,(H,12,14). The lowest BCUT2D eigenvalue weighted by Gasteiger charge is -2.23. The Morgan fingerprint density at radius 3 is 2.11 bits per heavy atom. The van der Waals surface area contributed by atoms with E-state index in [4.69, 9.17) is 28.0 Å². The Bertz CT molecular complexity index is 1750. The van der Waals surface area contributed by atoms with Crippen LogP contribution in [0.25, 0.3) is 0 Å². The van der Waals surface area contributed by atoms with Gasteiger partial charge in [-0.25, -0.2) is 9.86 Å². The molecule has 0 bridgehead atoms. The van der Waals surface area contributed by atoms with Crippen LogP contribution in [0.5, 0.6) is 0 Å². The molecule has 1 aromatic heterocycles. The molecule has 1 aliphatic carbocycles. The smallest absolute Gasteiger partial charge is 0.361 e. The maximum Gasteiger partial charge on any atom is 0.416 e. The Balaban J connectivity index is 0.000000289. The number of alkyl halides is 4. The van der Waals surface area contributed by atoms with Crippen molar-refractivity contribution in [3.63, 3.8) is 0 Å². The number of halogens is 6. The van der Waals surface area contributed by atoms with Gasteiger partial charge in [-0.2, -0.15) is 13.2 Å². The van der Waals surface area contributed by atoms with E-state index in [1.165, 1.54) is 30.4 Å². The highest BCUT2D eigenvalue weighted by molar-refractivity contribution is 9.10. The van der Waals surface area contributed by atoms with Gasteiger partial charge in [0.05, 0.1) is 27.5 Å². The van der Waals surface area contributed by atoms with Crippen molar-refractivity contribution in [1.29, 1.82) is 0 Å². The molecule has 2 aromatic carbocycles. The number of hydroxylamine groups is 2. The van der Waals surface area contributed by atoms with Gasteiger partial charge in [0.15, 0.2) is 5.69 Å². The van der Waals surface area contributed by atoms with Gasteiger partial charge in [0, 0.05) is 59.6 Å². The minimum absolute atomic E-state index is 0.0615. The molecule has 1 saturated carbocycles. The van der Waals surface area contributed by atoms with Crippen LogP contribution in [0.4, 0.5) is 45.8 Å². The first kappa shape index (κ1) is 46.3. The minimum Gasteiger partial charge on any atom is -0.361 e. The molecule has 3 aromatic rings. The first-order valence-corrected chi connectivity index (χ1v) is 18.8. The van der Waals surface area contributed by atoms with Crippen molar-refractivity contribution in [2.45, 2.75) is 65.0 Å². The van der Waals surface area contributed by atoms with Crippen molar-refractivity contribution in [2.75, 3.05) is 48.7 Å². The van der Waals surface area contributed by atoms with E-state index in [-0.39, 0.29) is 42.0 Å². The lowest BCUT2D eigenvalue weighted by molar-refractivity contribution is -0.393. The van der Waals surface area contributed by atoms with Crippen LogP contribution in [-0.4, -0.2) is 70.2 Å². The van der Waals surface area contributed by atoms with Crippen molar-refractivity contribution in [3.05, 3.63) is 70.6 Å². The molecule has 3 amide bonds. The number of anilines is 3. The molecule has 1 aliphatic rings. The number of hydrogen-bond acceptors (Lipinski definition) is 11. The van der Waals surface area contributed by atoms with Crippen LogP contribution in [0.2, 0.25) is 5.02 Å². The first-order chi connectivity index (χ1) is 25.2. The molecular weight excluding hydrogens is 848 g/mol. The number of urea groups is 1. The van der Waals surface area contributed by atoms with Gasteiger partial charge in [-0.1, -0.05) is 50.1 Å². The Morgan fingerprint density at radius 1 is 1.07 bits per heavy atom. The Kier molecular flexibility index (Phi) is 17.8. The monoisotopic (exact) mass is 886 g/mol. The SMILES string of the molecule is CC(C)(CCl)c1nnc(NC(=O)C2CC2)s1.CCCCN(CC)c1c([N+](=O)[O-])cc(C(F)(F)F)cc1[N+](=O)[O-].CON(C)C(=O)Nc1ccc(Br)c(Cl)c1. The highest BCUT2D eigenvalue weighted by Crippen LogP contribution is 2.43. The van der Waals surface area contributed by atoms with E-state index < -0.39 is 33.0 Å². The number of carbonyl (C=O) groups excluding carboxylic acids is 2. The topological polar surface area (TPSA) is 186 Å². The van der Waals surface area contributed by atoms with Gasteiger partial charge >= 0.3 is 12.2 Å². The number of benzene rings is 2. The third-order valence-corrected chi connectivity index (χ3v) is 10.6. The van der Waals surface area contributed by atoms with Crippen LogP contribution in [0.15, 0.2) is 34.8 Å². The van der Waals surface area contributed by atoms with E-state index in [2.05, 4.69) is 36.8 Å². The molecule has 298 valence electrons. The summed E-state index contributed by atoms with van der Waals surface area (Å²) in [5.41, 5.74) is -3.21. The Hall–Kier alpha value is -3.85. The summed E-state index contributed by atoms with van der Waals surface area (Å²) < 4.78 is 39.3. The van der Waals surface area contributed by atoms with Gasteiger partial charge in [0.2, 0.25) is 11.0 Å². The largest absolute Gasteiger partial charge is 0.416 e. The van der Waals surface area contributed by atoms with Crippen LogP contribution >= 0.6 is 50.5 Å². The third-order valence-electron chi connectivity index (χ3n) is 7.52. The van der Waals surface area contributed by atoms with E-state index in [9.17, 15) is 43.0 Å². The quantitative estimate of drug-likeness (QED) is 0.0951. The zero-order chi connectivity index (χ0) is 41.0. The first-order valence-electron chi connectivity index (χ1n) is 16.2. The molecule has 0 radical (unpaired) electrons. The molecule has 1 fully saturated rings. The summed E-state index contributed by atoms with van der Waals surface area (Å²) >= 11 is 16.4. The number of carbonyl (C=O) groups is 2. The molecule has 0 unspecified atom stereocenters. The summed E-state index contributed by atoms with van der Waals surface area (Å²) in [5.74, 6) is 0.734. The van der Waals surface area contributed by atoms with Gasteiger partial charge < -0.3 is 15.5 Å². The number of amides is 3. The zero-order valence-electron chi connectivity index (χ0n) is 30.1. The van der Waals surface area contributed by atoms with E-state index >= 15 is 0 Å². The van der Waals surface area contributed by atoms with E-state index in [0.29, 0.717) is 40.3 Å². The van der Waals surface area contributed by atoms with Crippen LogP contribution in [0.1, 0.15) is 63.9 Å². The van der Waals surface area contributed by atoms with Crippen LogP contribution in [0, 0.1) is 26.1 Å². The number of hydrogen-bond donors (Lipinski definition) is 2. The van der Waals surface area contributed by atoms with Gasteiger partial charge in [-0.3, -0.25) is 29.9 Å². The molecule has 0 atom stereocenters. The van der Waals surface area contributed by atoms with Gasteiger partial charge in [-0.15, -0.1) is 21.8 Å². The summed E-state index contributed by atoms with van der Waals surface area (Å²) in [6.45, 7) is 7.98. The molecule has 0 aliphatic heterocycles. The van der Waals surface area contributed by atoms with Crippen molar-refractivity contribution in [1.82, 2.24) is 15.3 Å². The van der Waals surface area contributed by atoms with Crippen molar-refractivity contribution in [2.24, 2.45) is 5.92 Å².